The lowest BCUT2D eigenvalue weighted by Crippen LogP contribution is -2.38. The fourth-order valence-electron chi connectivity index (χ4n) is 2.66. The lowest BCUT2D eigenvalue weighted by Gasteiger charge is -2.29. The largest absolute Gasteiger partial charge is 0.316 e. The van der Waals surface area contributed by atoms with Crippen molar-refractivity contribution in [1.29, 1.82) is 0 Å². The van der Waals surface area contributed by atoms with E-state index >= 15 is 0 Å². The summed E-state index contributed by atoms with van der Waals surface area (Å²) in [5, 5.41) is 3.70. The molecule has 1 aliphatic heterocycles. The molecule has 106 valence electrons. The molecule has 2 rings (SSSR count). The van der Waals surface area contributed by atoms with Gasteiger partial charge in [0.25, 0.3) is 0 Å². The second kappa shape index (κ2) is 7.22. The van der Waals surface area contributed by atoms with Crippen molar-refractivity contribution >= 4 is 11.6 Å². The summed E-state index contributed by atoms with van der Waals surface area (Å²) in [4.78, 5) is 2.35. The Hall–Kier alpha value is -0.640. The van der Waals surface area contributed by atoms with Gasteiger partial charge >= 0.3 is 0 Å². The fourth-order valence-corrected chi connectivity index (χ4v) is 2.85. The molecular weight excluding hydrogens is 263 g/mol. The predicted octanol–water partition coefficient (Wildman–Crippen LogP) is 3.30. The van der Waals surface area contributed by atoms with E-state index in [1.54, 1.807) is 6.07 Å². The molecule has 1 atom stereocenters. The van der Waals surface area contributed by atoms with Gasteiger partial charge in [-0.2, -0.15) is 0 Å². The summed E-state index contributed by atoms with van der Waals surface area (Å²) in [6, 6.07) is 5.05. The predicted molar refractivity (Wildman–Crippen MR) is 78.0 cm³/mol. The number of halogens is 2. The van der Waals surface area contributed by atoms with E-state index in [-0.39, 0.29) is 10.8 Å². The number of rotatable bonds is 5. The smallest absolute Gasteiger partial charge is 0.142 e. The van der Waals surface area contributed by atoms with Gasteiger partial charge in [0, 0.05) is 13.1 Å². The van der Waals surface area contributed by atoms with Crippen LogP contribution in [-0.2, 0) is 6.54 Å². The molecule has 2 nitrogen and oxygen atoms in total. The second-order valence-corrected chi connectivity index (χ2v) is 5.63. The standard InChI is InChI=1S/C15H22ClFN2/c1-2-19(10-12-5-4-8-18-9-12)11-13-6-3-7-14(17)15(13)16/h3,6-7,12,18H,2,4-5,8-11H2,1H3. The van der Waals surface area contributed by atoms with Crippen molar-refractivity contribution in [3.05, 3.63) is 34.6 Å². The summed E-state index contributed by atoms with van der Waals surface area (Å²) < 4.78 is 13.4. The van der Waals surface area contributed by atoms with Crippen LogP contribution in [0.2, 0.25) is 5.02 Å². The molecule has 1 aromatic rings. The Morgan fingerprint density at radius 2 is 2.32 bits per heavy atom. The summed E-state index contributed by atoms with van der Waals surface area (Å²) in [5.41, 5.74) is 0.882. The first-order valence-electron chi connectivity index (χ1n) is 7.06. The van der Waals surface area contributed by atoms with E-state index in [2.05, 4.69) is 17.1 Å². The average Bonchev–Trinajstić information content (AvgIpc) is 2.44. The van der Waals surface area contributed by atoms with Gasteiger partial charge < -0.3 is 5.32 Å². The SMILES string of the molecule is CCN(Cc1cccc(F)c1Cl)CC1CCCNC1. The number of nitrogens with zero attached hydrogens (tertiary/aromatic N) is 1. The van der Waals surface area contributed by atoms with Gasteiger partial charge in [-0.05, 0) is 50.0 Å². The molecule has 0 amide bonds. The molecule has 0 aliphatic carbocycles. The first kappa shape index (κ1) is 14.8. The third-order valence-electron chi connectivity index (χ3n) is 3.79. The van der Waals surface area contributed by atoms with Crippen molar-refractivity contribution in [3.8, 4) is 0 Å². The molecule has 1 fully saturated rings. The van der Waals surface area contributed by atoms with E-state index in [0.29, 0.717) is 5.92 Å². The maximum atomic E-state index is 13.4. The number of piperidine rings is 1. The van der Waals surface area contributed by atoms with Crippen LogP contribution >= 0.6 is 11.6 Å². The third-order valence-corrected chi connectivity index (χ3v) is 4.21. The van der Waals surface area contributed by atoms with E-state index in [0.717, 1.165) is 38.3 Å². The Kier molecular flexibility index (Phi) is 5.61. The number of hydrogen-bond acceptors (Lipinski definition) is 2. The Morgan fingerprint density at radius 1 is 1.47 bits per heavy atom. The Balaban J connectivity index is 1.96. The van der Waals surface area contributed by atoms with Crippen molar-refractivity contribution in [1.82, 2.24) is 10.2 Å². The van der Waals surface area contributed by atoms with Gasteiger partial charge in [-0.3, -0.25) is 4.90 Å². The molecule has 0 spiro atoms. The van der Waals surface area contributed by atoms with Gasteiger partial charge in [-0.1, -0.05) is 30.7 Å². The highest BCUT2D eigenvalue weighted by atomic mass is 35.5. The van der Waals surface area contributed by atoms with E-state index in [1.165, 1.54) is 18.9 Å². The van der Waals surface area contributed by atoms with E-state index in [4.69, 9.17) is 11.6 Å². The molecule has 1 unspecified atom stereocenters. The van der Waals surface area contributed by atoms with Gasteiger partial charge in [0.05, 0.1) is 5.02 Å². The monoisotopic (exact) mass is 284 g/mol. The van der Waals surface area contributed by atoms with Crippen molar-refractivity contribution in [2.75, 3.05) is 26.2 Å². The highest BCUT2D eigenvalue weighted by Gasteiger charge is 2.17. The normalized spacial score (nSPS) is 19.9. The van der Waals surface area contributed by atoms with Crippen LogP contribution in [0, 0.1) is 11.7 Å². The van der Waals surface area contributed by atoms with Crippen LogP contribution in [0.25, 0.3) is 0 Å². The van der Waals surface area contributed by atoms with Crippen molar-refractivity contribution in [2.24, 2.45) is 5.92 Å². The molecule has 1 aromatic carbocycles. The van der Waals surface area contributed by atoms with Crippen LogP contribution in [0.1, 0.15) is 25.3 Å². The fraction of sp³-hybridized carbons (Fsp3) is 0.600. The third kappa shape index (κ3) is 4.16. The van der Waals surface area contributed by atoms with Crippen LogP contribution < -0.4 is 5.32 Å². The summed E-state index contributed by atoms with van der Waals surface area (Å²) in [6.07, 6.45) is 2.53. The van der Waals surface area contributed by atoms with Crippen LogP contribution in [0.5, 0.6) is 0 Å². The molecule has 0 aromatic heterocycles. The molecule has 1 saturated heterocycles. The Labute approximate surface area is 119 Å². The van der Waals surface area contributed by atoms with E-state index < -0.39 is 0 Å². The summed E-state index contributed by atoms with van der Waals surface area (Å²) in [6.45, 7) is 7.11. The molecule has 1 aliphatic rings. The molecule has 0 bridgehead atoms. The van der Waals surface area contributed by atoms with Gasteiger partial charge in [-0.25, -0.2) is 4.39 Å². The minimum atomic E-state index is -0.324. The second-order valence-electron chi connectivity index (χ2n) is 5.25. The summed E-state index contributed by atoms with van der Waals surface area (Å²) in [7, 11) is 0. The lowest BCUT2D eigenvalue weighted by atomic mass is 9.99. The molecule has 1 N–H and O–H groups in total. The van der Waals surface area contributed by atoms with Gasteiger partial charge in [-0.15, -0.1) is 0 Å². The molecule has 1 heterocycles. The van der Waals surface area contributed by atoms with Crippen molar-refractivity contribution in [3.63, 3.8) is 0 Å². The van der Waals surface area contributed by atoms with Crippen LogP contribution in [0.4, 0.5) is 4.39 Å². The molecule has 0 radical (unpaired) electrons. The minimum Gasteiger partial charge on any atom is -0.316 e. The number of nitrogens with one attached hydrogen (secondary N) is 1. The highest BCUT2D eigenvalue weighted by molar-refractivity contribution is 6.31. The quantitative estimate of drug-likeness (QED) is 0.892. The summed E-state index contributed by atoms with van der Waals surface area (Å²) in [5.74, 6) is 0.371. The molecule has 0 saturated carbocycles. The average molecular weight is 285 g/mol. The van der Waals surface area contributed by atoms with Crippen molar-refractivity contribution < 1.29 is 4.39 Å². The van der Waals surface area contributed by atoms with Crippen LogP contribution in [0.3, 0.4) is 0 Å². The highest BCUT2D eigenvalue weighted by Crippen LogP contribution is 2.22. The topological polar surface area (TPSA) is 15.3 Å². The Morgan fingerprint density at radius 3 is 3.00 bits per heavy atom. The maximum absolute atomic E-state index is 13.4. The van der Waals surface area contributed by atoms with Gasteiger partial charge in [0.15, 0.2) is 0 Å². The number of benzene rings is 1. The van der Waals surface area contributed by atoms with Crippen LogP contribution in [-0.4, -0.2) is 31.1 Å². The zero-order valence-electron chi connectivity index (χ0n) is 11.5. The van der Waals surface area contributed by atoms with E-state index in [9.17, 15) is 4.39 Å². The molecule has 19 heavy (non-hydrogen) atoms. The number of hydrogen-bond donors (Lipinski definition) is 1. The first-order valence-corrected chi connectivity index (χ1v) is 7.44. The maximum Gasteiger partial charge on any atom is 0.142 e. The van der Waals surface area contributed by atoms with Gasteiger partial charge in [0.1, 0.15) is 5.82 Å². The zero-order valence-corrected chi connectivity index (χ0v) is 12.2. The minimum absolute atomic E-state index is 0.266. The first-order chi connectivity index (χ1) is 9.20. The Bertz CT molecular complexity index is 405. The summed E-state index contributed by atoms with van der Waals surface area (Å²) >= 11 is 6.02. The molecular formula is C15H22ClFN2. The lowest BCUT2D eigenvalue weighted by molar-refractivity contribution is 0.209. The molecule has 4 heteroatoms. The van der Waals surface area contributed by atoms with Crippen molar-refractivity contribution in [2.45, 2.75) is 26.3 Å². The van der Waals surface area contributed by atoms with Gasteiger partial charge in [0.2, 0.25) is 0 Å². The van der Waals surface area contributed by atoms with Crippen LogP contribution in [0.15, 0.2) is 18.2 Å². The zero-order chi connectivity index (χ0) is 13.7. The van der Waals surface area contributed by atoms with E-state index in [1.807, 2.05) is 6.07 Å².